The van der Waals surface area contributed by atoms with Crippen LogP contribution in [0.1, 0.15) is 31.4 Å². The number of aliphatic hydroxyl groups excluding tert-OH is 1. The van der Waals surface area contributed by atoms with Crippen molar-refractivity contribution in [2.24, 2.45) is 5.92 Å². The van der Waals surface area contributed by atoms with E-state index in [0.717, 1.165) is 18.5 Å². The van der Waals surface area contributed by atoms with Gasteiger partial charge in [-0.05, 0) is 38.8 Å². The number of nitrogens with one attached hydrogen (secondary N) is 1. The van der Waals surface area contributed by atoms with Crippen molar-refractivity contribution in [3.05, 3.63) is 35.1 Å². The van der Waals surface area contributed by atoms with Gasteiger partial charge in [0.15, 0.2) is 0 Å². The minimum Gasteiger partial charge on any atom is -0.393 e. The summed E-state index contributed by atoms with van der Waals surface area (Å²) in [6, 6.07) is 5.14. The topological polar surface area (TPSA) is 32.3 Å². The predicted octanol–water partition coefficient (Wildman–Crippen LogP) is 2.63. The molecule has 0 saturated heterocycles. The normalized spacial score (nSPS) is 14.6. The Morgan fingerprint density at radius 2 is 2.06 bits per heavy atom. The molecule has 3 heteroatoms. The van der Waals surface area contributed by atoms with Gasteiger partial charge < -0.3 is 10.4 Å². The molecule has 0 spiro atoms. The lowest BCUT2D eigenvalue weighted by Gasteiger charge is -2.14. The number of hydrogen-bond donors (Lipinski definition) is 2. The second kappa shape index (κ2) is 6.72. The Balaban J connectivity index is 2.38. The molecule has 0 aliphatic carbocycles. The average Bonchev–Trinajstić information content (AvgIpc) is 2.22. The van der Waals surface area contributed by atoms with Gasteiger partial charge in [0.25, 0.3) is 0 Å². The van der Waals surface area contributed by atoms with Crippen molar-refractivity contribution in [2.75, 3.05) is 6.54 Å². The van der Waals surface area contributed by atoms with E-state index in [9.17, 15) is 9.50 Å². The summed E-state index contributed by atoms with van der Waals surface area (Å²) in [5, 5.41) is 12.5. The van der Waals surface area contributed by atoms with Crippen LogP contribution in [0.25, 0.3) is 0 Å². The third-order valence-corrected chi connectivity index (χ3v) is 2.75. The zero-order valence-electron chi connectivity index (χ0n) is 10.8. The van der Waals surface area contributed by atoms with Crippen LogP contribution in [0.3, 0.4) is 0 Å². The van der Waals surface area contributed by atoms with Crippen LogP contribution < -0.4 is 5.32 Å². The molecule has 2 N–H and O–H groups in total. The van der Waals surface area contributed by atoms with Gasteiger partial charge in [0, 0.05) is 12.1 Å². The molecule has 0 aliphatic heterocycles. The maximum Gasteiger partial charge on any atom is 0.127 e. The zero-order chi connectivity index (χ0) is 12.8. The first-order chi connectivity index (χ1) is 7.99. The van der Waals surface area contributed by atoms with Gasteiger partial charge in [-0.15, -0.1) is 0 Å². The molecule has 2 nitrogen and oxygen atoms in total. The standard InChI is InChI=1S/C14H22FNO/c1-10-4-5-14(15)13(7-10)9-16-8-11(2)6-12(3)17/h4-5,7,11-12,16-17H,6,8-9H2,1-3H3. The third kappa shape index (κ3) is 5.29. The number of halogens is 1. The van der Waals surface area contributed by atoms with E-state index in [0.29, 0.717) is 18.0 Å². The Hall–Kier alpha value is -0.930. The maximum absolute atomic E-state index is 13.4. The second-order valence-corrected chi connectivity index (χ2v) is 4.92. The molecule has 0 radical (unpaired) electrons. The van der Waals surface area contributed by atoms with Crippen molar-refractivity contribution in [2.45, 2.75) is 39.8 Å². The molecule has 2 atom stereocenters. The lowest BCUT2D eigenvalue weighted by atomic mass is 10.0. The number of rotatable bonds is 6. The molecule has 0 saturated carbocycles. The maximum atomic E-state index is 13.4. The van der Waals surface area contributed by atoms with Gasteiger partial charge in [0.2, 0.25) is 0 Å². The molecule has 0 aromatic heterocycles. The van der Waals surface area contributed by atoms with Crippen LogP contribution in [0.4, 0.5) is 4.39 Å². The van der Waals surface area contributed by atoms with Crippen LogP contribution in [-0.4, -0.2) is 17.8 Å². The smallest absolute Gasteiger partial charge is 0.127 e. The Bertz CT molecular complexity index is 352. The molecule has 0 fully saturated rings. The lowest BCUT2D eigenvalue weighted by molar-refractivity contribution is 0.163. The van der Waals surface area contributed by atoms with Crippen molar-refractivity contribution < 1.29 is 9.50 Å². The summed E-state index contributed by atoms with van der Waals surface area (Å²) in [4.78, 5) is 0. The molecule has 0 aliphatic rings. The molecule has 0 heterocycles. The second-order valence-electron chi connectivity index (χ2n) is 4.92. The Morgan fingerprint density at radius 1 is 1.35 bits per heavy atom. The molecular formula is C14H22FNO. The number of benzene rings is 1. The highest BCUT2D eigenvalue weighted by molar-refractivity contribution is 5.23. The molecule has 96 valence electrons. The van der Waals surface area contributed by atoms with Crippen molar-refractivity contribution in [1.29, 1.82) is 0 Å². The molecule has 17 heavy (non-hydrogen) atoms. The van der Waals surface area contributed by atoms with Crippen LogP contribution in [0.5, 0.6) is 0 Å². The van der Waals surface area contributed by atoms with Crippen LogP contribution in [0.15, 0.2) is 18.2 Å². The lowest BCUT2D eigenvalue weighted by Crippen LogP contribution is -2.23. The average molecular weight is 239 g/mol. The van der Waals surface area contributed by atoms with E-state index in [1.807, 2.05) is 13.0 Å². The van der Waals surface area contributed by atoms with Crippen LogP contribution in [-0.2, 0) is 6.54 Å². The molecule has 0 bridgehead atoms. The highest BCUT2D eigenvalue weighted by atomic mass is 19.1. The van der Waals surface area contributed by atoms with Gasteiger partial charge in [-0.3, -0.25) is 0 Å². The highest BCUT2D eigenvalue weighted by Crippen LogP contribution is 2.10. The number of aliphatic hydroxyl groups is 1. The Labute approximate surface area is 103 Å². The molecular weight excluding hydrogens is 217 g/mol. The van der Waals surface area contributed by atoms with Crippen LogP contribution in [0.2, 0.25) is 0 Å². The fraction of sp³-hybridized carbons (Fsp3) is 0.571. The molecule has 2 unspecified atom stereocenters. The quantitative estimate of drug-likeness (QED) is 0.800. The minimum atomic E-state index is -0.275. The van der Waals surface area contributed by atoms with Crippen LogP contribution in [0, 0.1) is 18.7 Å². The molecule has 1 rings (SSSR count). The highest BCUT2D eigenvalue weighted by Gasteiger charge is 2.07. The van der Waals surface area contributed by atoms with Gasteiger partial charge in [0.05, 0.1) is 6.10 Å². The number of aryl methyl sites for hydroxylation is 1. The van der Waals surface area contributed by atoms with Crippen molar-refractivity contribution in [3.63, 3.8) is 0 Å². The zero-order valence-corrected chi connectivity index (χ0v) is 10.8. The van der Waals surface area contributed by atoms with Gasteiger partial charge in [-0.25, -0.2) is 4.39 Å². The first-order valence-electron chi connectivity index (χ1n) is 6.13. The largest absolute Gasteiger partial charge is 0.393 e. The SMILES string of the molecule is Cc1ccc(F)c(CNCC(C)CC(C)O)c1. The van der Waals surface area contributed by atoms with E-state index in [-0.39, 0.29) is 11.9 Å². The van der Waals surface area contributed by atoms with E-state index in [1.54, 1.807) is 13.0 Å². The van der Waals surface area contributed by atoms with Gasteiger partial charge >= 0.3 is 0 Å². The van der Waals surface area contributed by atoms with Gasteiger partial charge in [0.1, 0.15) is 5.82 Å². The van der Waals surface area contributed by atoms with E-state index in [1.165, 1.54) is 6.07 Å². The summed E-state index contributed by atoms with van der Waals surface area (Å²) >= 11 is 0. The van der Waals surface area contributed by atoms with Crippen molar-refractivity contribution >= 4 is 0 Å². The number of hydrogen-bond acceptors (Lipinski definition) is 2. The van der Waals surface area contributed by atoms with E-state index < -0.39 is 0 Å². The van der Waals surface area contributed by atoms with Gasteiger partial charge in [-0.2, -0.15) is 0 Å². The fourth-order valence-electron chi connectivity index (χ4n) is 1.96. The fourth-order valence-corrected chi connectivity index (χ4v) is 1.96. The van der Waals surface area contributed by atoms with E-state index in [4.69, 9.17) is 0 Å². The van der Waals surface area contributed by atoms with Crippen molar-refractivity contribution in [1.82, 2.24) is 5.32 Å². The summed E-state index contributed by atoms with van der Waals surface area (Å²) in [7, 11) is 0. The summed E-state index contributed by atoms with van der Waals surface area (Å²) in [6.07, 6.45) is 0.492. The monoisotopic (exact) mass is 239 g/mol. The van der Waals surface area contributed by atoms with E-state index >= 15 is 0 Å². The molecule has 0 amide bonds. The minimum absolute atomic E-state index is 0.161. The summed E-state index contributed by atoms with van der Waals surface area (Å²) < 4.78 is 13.4. The Morgan fingerprint density at radius 3 is 2.71 bits per heavy atom. The summed E-state index contributed by atoms with van der Waals surface area (Å²) in [6.45, 7) is 7.15. The molecule has 1 aromatic rings. The van der Waals surface area contributed by atoms with Gasteiger partial charge in [-0.1, -0.05) is 24.6 Å². The van der Waals surface area contributed by atoms with Crippen molar-refractivity contribution in [3.8, 4) is 0 Å². The Kier molecular flexibility index (Phi) is 5.59. The molecule has 1 aromatic carbocycles. The first-order valence-corrected chi connectivity index (χ1v) is 6.13. The predicted molar refractivity (Wildman–Crippen MR) is 68.3 cm³/mol. The van der Waals surface area contributed by atoms with Crippen LogP contribution >= 0.6 is 0 Å². The van der Waals surface area contributed by atoms with E-state index in [2.05, 4.69) is 12.2 Å². The summed E-state index contributed by atoms with van der Waals surface area (Å²) in [5.41, 5.74) is 1.77. The third-order valence-electron chi connectivity index (χ3n) is 2.75. The summed E-state index contributed by atoms with van der Waals surface area (Å²) in [5.74, 6) is 0.231. The first kappa shape index (κ1) is 14.1.